The Bertz CT molecular complexity index is 377. The molecule has 3 heteroatoms. The molecule has 1 aromatic rings. The number of aryl methyl sites for hydroxylation is 1. The second-order valence-corrected chi connectivity index (χ2v) is 5.41. The summed E-state index contributed by atoms with van der Waals surface area (Å²) < 4.78 is 1.87. The fourth-order valence-corrected chi connectivity index (χ4v) is 1.92. The Morgan fingerprint density at radius 1 is 1.50 bits per heavy atom. The Labute approximate surface area is 103 Å². The first-order valence-electron chi connectivity index (χ1n) is 5.68. The van der Waals surface area contributed by atoms with Crippen molar-refractivity contribution < 1.29 is 0 Å². The Morgan fingerprint density at radius 3 is 2.56 bits per heavy atom. The number of aromatic nitrogens is 2. The standard InChI is InChI=1S/C13H21ClN2/c1-6-10(8-14)7-11-9-16(5)15-12(11)13(2,3)4/h7,9H,6,8H2,1-5H3. The smallest absolute Gasteiger partial charge is 0.0750 e. The van der Waals surface area contributed by atoms with Crippen LogP contribution < -0.4 is 0 Å². The summed E-state index contributed by atoms with van der Waals surface area (Å²) >= 11 is 5.90. The molecule has 1 rings (SSSR count). The third-order valence-corrected chi connectivity index (χ3v) is 2.90. The van der Waals surface area contributed by atoms with Gasteiger partial charge < -0.3 is 0 Å². The van der Waals surface area contributed by atoms with Crippen molar-refractivity contribution >= 4 is 17.7 Å². The van der Waals surface area contributed by atoms with Gasteiger partial charge in [0.2, 0.25) is 0 Å². The second kappa shape index (κ2) is 5.05. The Morgan fingerprint density at radius 2 is 2.12 bits per heavy atom. The topological polar surface area (TPSA) is 17.8 Å². The zero-order valence-electron chi connectivity index (χ0n) is 10.8. The van der Waals surface area contributed by atoms with Gasteiger partial charge in [0, 0.05) is 30.1 Å². The van der Waals surface area contributed by atoms with E-state index < -0.39 is 0 Å². The molecule has 0 bridgehead atoms. The molecule has 90 valence electrons. The molecule has 0 fully saturated rings. The third kappa shape index (κ3) is 3.11. The molecule has 2 nitrogen and oxygen atoms in total. The van der Waals surface area contributed by atoms with Crippen LogP contribution in [-0.4, -0.2) is 15.7 Å². The molecule has 0 radical (unpaired) electrons. The van der Waals surface area contributed by atoms with Crippen molar-refractivity contribution in [1.82, 2.24) is 9.78 Å². The highest BCUT2D eigenvalue weighted by Crippen LogP contribution is 2.26. The van der Waals surface area contributed by atoms with Crippen LogP contribution in [-0.2, 0) is 12.5 Å². The predicted molar refractivity (Wildman–Crippen MR) is 70.9 cm³/mol. The van der Waals surface area contributed by atoms with Crippen molar-refractivity contribution in [3.05, 3.63) is 23.0 Å². The predicted octanol–water partition coefficient (Wildman–Crippen LogP) is 3.75. The van der Waals surface area contributed by atoms with E-state index in [1.54, 1.807) is 0 Å². The monoisotopic (exact) mass is 240 g/mol. The van der Waals surface area contributed by atoms with E-state index in [9.17, 15) is 0 Å². The zero-order chi connectivity index (χ0) is 12.3. The molecule has 0 amide bonds. The van der Waals surface area contributed by atoms with Crippen LogP contribution in [0.1, 0.15) is 45.4 Å². The lowest BCUT2D eigenvalue weighted by Gasteiger charge is -2.16. The number of hydrogen-bond donors (Lipinski definition) is 0. The van der Waals surface area contributed by atoms with Crippen LogP contribution in [0.2, 0.25) is 0 Å². The molecule has 0 aliphatic carbocycles. The molecule has 0 aliphatic rings. The van der Waals surface area contributed by atoms with Crippen LogP contribution in [0.15, 0.2) is 11.8 Å². The highest BCUT2D eigenvalue weighted by Gasteiger charge is 2.20. The number of nitrogens with zero attached hydrogens (tertiary/aromatic N) is 2. The minimum absolute atomic E-state index is 0.0677. The largest absolute Gasteiger partial charge is 0.275 e. The maximum atomic E-state index is 5.90. The molecule has 16 heavy (non-hydrogen) atoms. The Balaban J connectivity index is 3.18. The van der Waals surface area contributed by atoms with Gasteiger partial charge in [0.25, 0.3) is 0 Å². The molecule has 0 N–H and O–H groups in total. The van der Waals surface area contributed by atoms with Crippen LogP contribution in [0, 0.1) is 0 Å². The minimum Gasteiger partial charge on any atom is -0.275 e. The van der Waals surface area contributed by atoms with E-state index in [1.165, 1.54) is 11.1 Å². The first-order chi connectivity index (χ1) is 7.38. The molecule has 0 aliphatic heterocycles. The number of hydrogen-bond acceptors (Lipinski definition) is 1. The molecule has 0 aromatic carbocycles. The average Bonchev–Trinajstić information content (AvgIpc) is 2.55. The van der Waals surface area contributed by atoms with Gasteiger partial charge >= 0.3 is 0 Å². The highest BCUT2D eigenvalue weighted by atomic mass is 35.5. The van der Waals surface area contributed by atoms with E-state index in [2.05, 4.69) is 45.1 Å². The number of alkyl halides is 1. The van der Waals surface area contributed by atoms with Crippen LogP contribution in [0.3, 0.4) is 0 Å². The summed E-state index contributed by atoms with van der Waals surface area (Å²) in [5.41, 5.74) is 3.64. The summed E-state index contributed by atoms with van der Waals surface area (Å²) in [6, 6.07) is 0. The van der Waals surface area contributed by atoms with Gasteiger partial charge in [-0.25, -0.2) is 0 Å². The Kier molecular flexibility index (Phi) is 4.20. The lowest BCUT2D eigenvalue weighted by atomic mass is 9.89. The second-order valence-electron chi connectivity index (χ2n) is 5.15. The van der Waals surface area contributed by atoms with Gasteiger partial charge in [0.15, 0.2) is 0 Å². The minimum atomic E-state index is 0.0677. The first-order valence-corrected chi connectivity index (χ1v) is 6.21. The molecule has 0 spiro atoms. The van der Waals surface area contributed by atoms with Gasteiger partial charge in [-0.1, -0.05) is 39.3 Å². The Hall–Kier alpha value is -0.760. The normalized spacial score (nSPS) is 13.2. The summed E-state index contributed by atoms with van der Waals surface area (Å²) in [5, 5.41) is 4.53. The lowest BCUT2D eigenvalue weighted by molar-refractivity contribution is 0.552. The summed E-state index contributed by atoms with van der Waals surface area (Å²) in [6.07, 6.45) is 5.21. The summed E-state index contributed by atoms with van der Waals surface area (Å²) in [4.78, 5) is 0. The maximum absolute atomic E-state index is 5.90. The van der Waals surface area contributed by atoms with Crippen LogP contribution in [0.25, 0.3) is 6.08 Å². The molecule has 1 heterocycles. The van der Waals surface area contributed by atoms with Gasteiger partial charge in [0.05, 0.1) is 5.69 Å². The van der Waals surface area contributed by atoms with Crippen molar-refractivity contribution in [3.63, 3.8) is 0 Å². The van der Waals surface area contributed by atoms with Crippen molar-refractivity contribution in [1.29, 1.82) is 0 Å². The van der Waals surface area contributed by atoms with Crippen molar-refractivity contribution in [3.8, 4) is 0 Å². The maximum Gasteiger partial charge on any atom is 0.0750 e. The van der Waals surface area contributed by atoms with E-state index >= 15 is 0 Å². The van der Waals surface area contributed by atoms with Crippen molar-refractivity contribution in [2.75, 3.05) is 5.88 Å². The molecule has 0 atom stereocenters. The van der Waals surface area contributed by atoms with Crippen LogP contribution in [0.4, 0.5) is 0 Å². The van der Waals surface area contributed by atoms with Gasteiger partial charge in [-0.3, -0.25) is 4.68 Å². The van der Waals surface area contributed by atoms with Crippen LogP contribution >= 0.6 is 11.6 Å². The molecule has 1 aromatic heterocycles. The van der Waals surface area contributed by atoms with Gasteiger partial charge in [-0.2, -0.15) is 5.10 Å². The molecular formula is C13H21ClN2. The fourth-order valence-electron chi connectivity index (χ4n) is 1.65. The van der Waals surface area contributed by atoms with Gasteiger partial charge in [-0.05, 0) is 6.42 Å². The quantitative estimate of drug-likeness (QED) is 0.736. The molecule has 0 saturated carbocycles. The lowest BCUT2D eigenvalue weighted by Crippen LogP contribution is -2.14. The zero-order valence-corrected chi connectivity index (χ0v) is 11.6. The van der Waals surface area contributed by atoms with Gasteiger partial charge in [-0.15, -0.1) is 11.6 Å². The molecule has 0 unspecified atom stereocenters. The third-order valence-electron chi connectivity index (χ3n) is 2.55. The summed E-state index contributed by atoms with van der Waals surface area (Å²) in [7, 11) is 1.96. The van der Waals surface area contributed by atoms with Crippen molar-refractivity contribution in [2.45, 2.75) is 39.5 Å². The SMILES string of the molecule is CCC(=Cc1cn(C)nc1C(C)(C)C)CCl. The first kappa shape index (κ1) is 13.3. The number of allylic oxidation sites excluding steroid dienone is 1. The fraction of sp³-hybridized carbons (Fsp3) is 0.615. The van der Waals surface area contributed by atoms with E-state index in [1.807, 2.05) is 11.7 Å². The van der Waals surface area contributed by atoms with Crippen LogP contribution in [0.5, 0.6) is 0 Å². The summed E-state index contributed by atoms with van der Waals surface area (Å²) in [6.45, 7) is 8.66. The molecule has 0 saturated heterocycles. The summed E-state index contributed by atoms with van der Waals surface area (Å²) in [5.74, 6) is 0.592. The van der Waals surface area contributed by atoms with Gasteiger partial charge in [0.1, 0.15) is 0 Å². The van der Waals surface area contributed by atoms with Crippen molar-refractivity contribution in [2.24, 2.45) is 7.05 Å². The molecular weight excluding hydrogens is 220 g/mol. The number of rotatable bonds is 3. The van der Waals surface area contributed by atoms with E-state index in [0.29, 0.717) is 5.88 Å². The highest BCUT2D eigenvalue weighted by molar-refractivity contribution is 6.19. The van der Waals surface area contributed by atoms with E-state index in [-0.39, 0.29) is 5.41 Å². The van der Waals surface area contributed by atoms with E-state index in [0.717, 1.165) is 12.1 Å². The average molecular weight is 241 g/mol. The van der Waals surface area contributed by atoms with E-state index in [4.69, 9.17) is 11.6 Å². The number of halogens is 1.